The van der Waals surface area contributed by atoms with Crippen LogP contribution < -0.4 is 14.4 Å². The molecule has 3 aromatic rings. The fourth-order valence-corrected chi connectivity index (χ4v) is 3.83. The normalized spacial score (nSPS) is 17.5. The molecule has 2 aromatic carbocycles. The zero-order valence-corrected chi connectivity index (χ0v) is 17.9. The van der Waals surface area contributed by atoms with E-state index in [-0.39, 0.29) is 11.3 Å². The Morgan fingerprint density at radius 1 is 1.00 bits per heavy atom. The summed E-state index contributed by atoms with van der Waals surface area (Å²) in [6.45, 7) is 1.86. The lowest BCUT2D eigenvalue weighted by atomic mass is 9.97. The largest absolute Gasteiger partial charge is 0.507 e. The number of Topliss-reactive ketones (excluding diaryl/α,β-unsaturated/α-hetero) is 1. The highest BCUT2D eigenvalue weighted by molar-refractivity contribution is 6.51. The molecule has 1 N–H and O–H groups in total. The van der Waals surface area contributed by atoms with Crippen LogP contribution in [0.4, 0.5) is 5.69 Å². The van der Waals surface area contributed by atoms with Crippen LogP contribution in [0.15, 0.2) is 72.4 Å². The molecule has 0 radical (unpaired) electrons. The summed E-state index contributed by atoms with van der Waals surface area (Å²) in [7, 11) is 3.00. The minimum atomic E-state index is -0.923. The van der Waals surface area contributed by atoms with E-state index >= 15 is 0 Å². The fraction of sp³-hybridized carbons (Fsp3) is 0.160. The molecule has 1 amide bonds. The van der Waals surface area contributed by atoms with Crippen molar-refractivity contribution in [2.45, 2.75) is 13.0 Å². The molecule has 1 aliphatic rings. The van der Waals surface area contributed by atoms with E-state index in [9.17, 15) is 14.7 Å². The molecule has 1 unspecified atom stereocenters. The maximum atomic E-state index is 13.2. The first-order valence-electron chi connectivity index (χ1n) is 9.97. The molecule has 0 bridgehead atoms. The Hall–Kier alpha value is -4.13. The number of aromatic nitrogens is 1. The second kappa shape index (κ2) is 8.55. The monoisotopic (exact) mass is 430 g/mol. The van der Waals surface area contributed by atoms with E-state index in [1.807, 2.05) is 13.0 Å². The number of benzene rings is 2. The number of amides is 1. The van der Waals surface area contributed by atoms with Crippen LogP contribution in [-0.4, -0.2) is 36.0 Å². The number of nitrogens with zero attached hydrogens (tertiary/aromatic N) is 2. The van der Waals surface area contributed by atoms with Crippen LogP contribution >= 0.6 is 0 Å². The van der Waals surface area contributed by atoms with Crippen LogP contribution in [0.3, 0.4) is 0 Å². The van der Waals surface area contributed by atoms with Crippen LogP contribution in [0, 0.1) is 6.92 Å². The van der Waals surface area contributed by atoms with Gasteiger partial charge in [-0.05, 0) is 43.3 Å². The molecule has 1 saturated heterocycles. The highest BCUT2D eigenvalue weighted by Crippen LogP contribution is 2.43. The molecule has 0 spiro atoms. The fourth-order valence-electron chi connectivity index (χ4n) is 3.83. The predicted octanol–water partition coefficient (Wildman–Crippen LogP) is 4.03. The Kier molecular flexibility index (Phi) is 5.64. The van der Waals surface area contributed by atoms with Gasteiger partial charge in [-0.25, -0.2) is 0 Å². The van der Waals surface area contributed by atoms with Crippen LogP contribution in [0.1, 0.15) is 22.9 Å². The number of hydrogen-bond donors (Lipinski definition) is 1. The van der Waals surface area contributed by atoms with Crippen molar-refractivity contribution in [3.8, 4) is 11.5 Å². The summed E-state index contributed by atoms with van der Waals surface area (Å²) in [5.74, 6) is -0.957. The van der Waals surface area contributed by atoms with Crippen molar-refractivity contribution in [2.75, 3.05) is 19.1 Å². The molecule has 162 valence electrons. The predicted molar refractivity (Wildman–Crippen MR) is 120 cm³/mol. The molecule has 1 atom stereocenters. The topological polar surface area (TPSA) is 89.0 Å². The van der Waals surface area contributed by atoms with Gasteiger partial charge < -0.3 is 14.6 Å². The highest BCUT2D eigenvalue weighted by Gasteiger charge is 2.48. The number of ether oxygens (including phenoxy) is 2. The molecule has 2 heterocycles. The van der Waals surface area contributed by atoms with Crippen LogP contribution in [0.2, 0.25) is 0 Å². The van der Waals surface area contributed by atoms with Gasteiger partial charge in [-0.1, -0.05) is 23.8 Å². The van der Waals surface area contributed by atoms with E-state index < -0.39 is 17.7 Å². The van der Waals surface area contributed by atoms with E-state index in [1.54, 1.807) is 60.8 Å². The highest BCUT2D eigenvalue weighted by atomic mass is 16.5. The summed E-state index contributed by atoms with van der Waals surface area (Å²) >= 11 is 0. The first kappa shape index (κ1) is 21.1. The Labute approximate surface area is 185 Å². The number of methoxy groups -OCH3 is 2. The van der Waals surface area contributed by atoms with Gasteiger partial charge >= 0.3 is 0 Å². The van der Waals surface area contributed by atoms with Gasteiger partial charge in [0.1, 0.15) is 23.3 Å². The maximum Gasteiger partial charge on any atom is 0.300 e. The van der Waals surface area contributed by atoms with Crippen molar-refractivity contribution in [2.24, 2.45) is 0 Å². The van der Waals surface area contributed by atoms with Gasteiger partial charge in [0.2, 0.25) is 0 Å². The summed E-state index contributed by atoms with van der Waals surface area (Å²) < 4.78 is 10.7. The number of hydrogen-bond acceptors (Lipinski definition) is 6. The van der Waals surface area contributed by atoms with Gasteiger partial charge in [-0.15, -0.1) is 0 Å². The summed E-state index contributed by atoms with van der Waals surface area (Å²) in [6, 6.07) is 16.4. The Balaban J connectivity index is 1.98. The average molecular weight is 430 g/mol. The first-order chi connectivity index (χ1) is 15.5. The Morgan fingerprint density at radius 2 is 1.81 bits per heavy atom. The van der Waals surface area contributed by atoms with Crippen LogP contribution in [0.25, 0.3) is 5.76 Å². The smallest absolute Gasteiger partial charge is 0.300 e. The lowest BCUT2D eigenvalue weighted by Crippen LogP contribution is -2.29. The zero-order chi connectivity index (χ0) is 22.8. The first-order valence-corrected chi connectivity index (χ1v) is 9.97. The lowest BCUT2D eigenvalue weighted by Gasteiger charge is -2.25. The lowest BCUT2D eigenvalue weighted by molar-refractivity contribution is -0.132. The van der Waals surface area contributed by atoms with Gasteiger partial charge in [0.15, 0.2) is 0 Å². The summed E-state index contributed by atoms with van der Waals surface area (Å²) in [4.78, 5) is 32.1. The molecule has 4 rings (SSSR count). The minimum Gasteiger partial charge on any atom is -0.507 e. The molecule has 32 heavy (non-hydrogen) atoms. The van der Waals surface area contributed by atoms with Crippen molar-refractivity contribution < 1.29 is 24.2 Å². The van der Waals surface area contributed by atoms with Gasteiger partial charge in [0.05, 0.1) is 31.1 Å². The molecule has 7 heteroatoms. The summed E-state index contributed by atoms with van der Waals surface area (Å²) in [6.07, 6.45) is 1.58. The van der Waals surface area contributed by atoms with Crippen molar-refractivity contribution in [1.29, 1.82) is 0 Å². The third kappa shape index (κ3) is 3.58. The average Bonchev–Trinajstić information content (AvgIpc) is 3.09. The molecule has 1 aromatic heterocycles. The molecule has 1 fully saturated rings. The second-order valence-electron chi connectivity index (χ2n) is 7.33. The van der Waals surface area contributed by atoms with E-state index in [2.05, 4.69) is 4.98 Å². The molecule has 0 aliphatic carbocycles. The Morgan fingerprint density at radius 3 is 2.50 bits per heavy atom. The van der Waals surface area contributed by atoms with E-state index in [1.165, 1.54) is 19.1 Å². The minimum absolute atomic E-state index is 0.0552. The third-order valence-corrected chi connectivity index (χ3v) is 5.35. The third-order valence-electron chi connectivity index (χ3n) is 5.35. The van der Waals surface area contributed by atoms with E-state index in [4.69, 9.17) is 9.47 Å². The number of anilines is 1. The number of aliphatic hydroxyl groups is 1. The number of rotatable bonds is 5. The standard InChI is InChI=1S/C25H22N2O5/c1-15-10-11-20(32-3)18(13-15)23(28)21-22(19-9-4-5-12-26-19)27(25(30)24(21)29)16-7-6-8-17(14-16)31-2/h4-14,22,28H,1-3H3/b23-21+. The van der Waals surface area contributed by atoms with Crippen molar-refractivity contribution in [3.05, 3.63) is 89.3 Å². The van der Waals surface area contributed by atoms with Gasteiger partial charge in [0, 0.05) is 18.0 Å². The number of carbonyl (C=O) groups excluding carboxylic acids is 2. The van der Waals surface area contributed by atoms with E-state index in [0.717, 1.165) is 5.56 Å². The maximum absolute atomic E-state index is 13.2. The van der Waals surface area contributed by atoms with Crippen LogP contribution in [-0.2, 0) is 9.59 Å². The summed E-state index contributed by atoms with van der Waals surface area (Å²) in [5.41, 5.74) is 2.04. The number of ketones is 1. The molecule has 7 nitrogen and oxygen atoms in total. The molecular weight excluding hydrogens is 408 g/mol. The second-order valence-corrected chi connectivity index (χ2v) is 7.33. The van der Waals surface area contributed by atoms with Gasteiger partial charge in [0.25, 0.3) is 11.7 Å². The quantitative estimate of drug-likeness (QED) is 0.373. The Bertz CT molecular complexity index is 1220. The van der Waals surface area contributed by atoms with E-state index in [0.29, 0.717) is 28.4 Å². The van der Waals surface area contributed by atoms with Crippen molar-refractivity contribution >= 4 is 23.1 Å². The summed E-state index contributed by atoms with van der Waals surface area (Å²) in [5, 5.41) is 11.3. The number of aryl methyl sites for hydroxylation is 1. The van der Waals surface area contributed by atoms with Crippen LogP contribution in [0.5, 0.6) is 11.5 Å². The van der Waals surface area contributed by atoms with Gasteiger partial charge in [-0.3, -0.25) is 19.5 Å². The molecule has 1 aliphatic heterocycles. The SMILES string of the molecule is COc1cccc(N2C(=O)C(=O)/C(=C(/O)c3cc(C)ccc3OC)C2c2ccccn2)c1. The molecular formula is C25H22N2O5. The number of aliphatic hydroxyl groups excluding tert-OH is 1. The van der Waals surface area contributed by atoms with Crippen molar-refractivity contribution in [1.82, 2.24) is 4.98 Å². The number of pyridine rings is 1. The number of carbonyl (C=O) groups is 2. The van der Waals surface area contributed by atoms with Gasteiger partial charge in [-0.2, -0.15) is 0 Å². The van der Waals surface area contributed by atoms with Crippen molar-refractivity contribution in [3.63, 3.8) is 0 Å². The zero-order valence-electron chi connectivity index (χ0n) is 17.9. The molecule has 0 saturated carbocycles.